The molecule has 8 nitrogen and oxygen atoms in total. The average molecular weight is 408 g/mol. The quantitative estimate of drug-likeness (QED) is 0.677. The van der Waals surface area contributed by atoms with Crippen LogP contribution in [-0.4, -0.2) is 58.9 Å². The van der Waals surface area contributed by atoms with Gasteiger partial charge in [0.2, 0.25) is 5.09 Å². The molecule has 0 saturated carbocycles. The molecule has 1 unspecified atom stereocenters. The van der Waals surface area contributed by atoms with E-state index in [1.54, 1.807) is 30.3 Å². The molecular weight excluding hydrogens is 384 g/mol. The summed E-state index contributed by atoms with van der Waals surface area (Å²) < 4.78 is 44.1. The number of sulfonamides is 1. The number of hydrogen-bond acceptors (Lipinski definition) is 7. The highest BCUT2D eigenvalue weighted by atomic mass is 32.2. The molecule has 1 aromatic carbocycles. The summed E-state index contributed by atoms with van der Waals surface area (Å²) in [7, 11) is -2.89. The van der Waals surface area contributed by atoms with Crippen LogP contribution in [0.4, 0.5) is 5.69 Å². The molecule has 3 rings (SSSR count). The highest BCUT2D eigenvalue weighted by Gasteiger charge is 2.38. The van der Waals surface area contributed by atoms with Crippen molar-refractivity contribution in [2.75, 3.05) is 37.7 Å². The van der Waals surface area contributed by atoms with Crippen molar-refractivity contribution in [3.63, 3.8) is 0 Å². The van der Waals surface area contributed by atoms with Crippen LogP contribution in [0, 0.1) is 6.92 Å². The van der Waals surface area contributed by atoms with E-state index in [9.17, 15) is 13.2 Å². The molecule has 1 saturated heterocycles. The molecule has 0 N–H and O–H groups in total. The summed E-state index contributed by atoms with van der Waals surface area (Å²) in [6, 6.07) is 9.91. The van der Waals surface area contributed by atoms with Gasteiger partial charge in [-0.1, -0.05) is 25.1 Å². The molecule has 0 aliphatic carbocycles. The fourth-order valence-electron chi connectivity index (χ4n) is 3.14. The number of esters is 1. The summed E-state index contributed by atoms with van der Waals surface area (Å²) in [6.07, 6.45) is -0.715. The van der Waals surface area contributed by atoms with Crippen LogP contribution in [0.2, 0.25) is 0 Å². The maximum atomic E-state index is 13.5. The Balaban J connectivity index is 2.05. The highest BCUT2D eigenvalue weighted by Crippen LogP contribution is 2.30. The maximum Gasteiger partial charge on any atom is 0.341 e. The molecule has 0 radical (unpaired) electrons. The number of morpholine rings is 1. The summed E-state index contributed by atoms with van der Waals surface area (Å²) in [6.45, 7) is 5.91. The summed E-state index contributed by atoms with van der Waals surface area (Å²) in [5.74, 6) is -0.474. The van der Waals surface area contributed by atoms with E-state index >= 15 is 0 Å². The molecule has 0 amide bonds. The van der Waals surface area contributed by atoms with Gasteiger partial charge in [-0.2, -0.15) is 8.42 Å². The minimum atomic E-state index is -4.12. The number of carbonyl (C=O) groups is 1. The van der Waals surface area contributed by atoms with Crippen LogP contribution in [-0.2, 0) is 19.5 Å². The first-order valence-electron chi connectivity index (χ1n) is 9.00. The third-order valence-electron chi connectivity index (χ3n) is 4.67. The Morgan fingerprint density at radius 3 is 2.68 bits per heavy atom. The van der Waals surface area contributed by atoms with Crippen molar-refractivity contribution in [1.29, 1.82) is 0 Å². The van der Waals surface area contributed by atoms with E-state index in [0.29, 0.717) is 18.8 Å². The van der Waals surface area contributed by atoms with E-state index in [1.165, 1.54) is 24.4 Å². The molecular formula is C19H24N2O6S. The van der Waals surface area contributed by atoms with Crippen LogP contribution >= 0.6 is 0 Å². The number of anilines is 1. The van der Waals surface area contributed by atoms with E-state index in [1.807, 2.05) is 6.92 Å². The van der Waals surface area contributed by atoms with Gasteiger partial charge in [0, 0.05) is 19.2 Å². The fraction of sp³-hybridized carbons (Fsp3) is 0.421. The number of ether oxygens (including phenoxy) is 2. The second-order valence-corrected chi connectivity index (χ2v) is 8.13. The maximum absolute atomic E-state index is 13.5. The number of nitrogens with zero attached hydrogens (tertiary/aromatic N) is 2. The minimum Gasteiger partial charge on any atom is -0.465 e. The van der Waals surface area contributed by atoms with Gasteiger partial charge >= 0.3 is 5.97 Å². The van der Waals surface area contributed by atoms with Crippen molar-refractivity contribution in [3.05, 3.63) is 47.7 Å². The summed E-state index contributed by atoms with van der Waals surface area (Å²) in [5.41, 5.74) is 0.535. The first-order valence-corrected chi connectivity index (χ1v) is 10.4. The Hall–Kier alpha value is -2.36. The minimum absolute atomic E-state index is 0.0776. The third kappa shape index (κ3) is 3.91. The predicted octanol–water partition coefficient (Wildman–Crippen LogP) is 2.25. The molecule has 1 aliphatic rings. The smallest absolute Gasteiger partial charge is 0.341 e. The summed E-state index contributed by atoms with van der Waals surface area (Å²) in [4.78, 5) is 14.0. The van der Waals surface area contributed by atoms with Crippen LogP contribution in [0.25, 0.3) is 0 Å². The number of benzene rings is 1. The second-order valence-electron chi connectivity index (χ2n) is 6.38. The Kier molecular flexibility index (Phi) is 6.07. The van der Waals surface area contributed by atoms with Gasteiger partial charge in [0.05, 0.1) is 19.4 Å². The van der Waals surface area contributed by atoms with E-state index < -0.39 is 22.2 Å². The number of methoxy groups -OCH3 is 1. The number of hydrogen-bond donors (Lipinski definition) is 0. The fourth-order valence-corrected chi connectivity index (χ4v) is 4.67. The van der Waals surface area contributed by atoms with E-state index in [-0.39, 0.29) is 16.4 Å². The van der Waals surface area contributed by atoms with Gasteiger partial charge in [0.25, 0.3) is 10.0 Å². The lowest BCUT2D eigenvalue weighted by Gasteiger charge is -2.38. The third-order valence-corrected chi connectivity index (χ3v) is 6.34. The monoisotopic (exact) mass is 408 g/mol. The first kappa shape index (κ1) is 20.4. The molecule has 1 fully saturated rings. The molecule has 1 aromatic heterocycles. The van der Waals surface area contributed by atoms with Gasteiger partial charge in [0.15, 0.2) is 6.23 Å². The van der Waals surface area contributed by atoms with Crippen molar-refractivity contribution < 1.29 is 27.1 Å². The number of carbonyl (C=O) groups excluding carboxylic acids is 1. The molecule has 28 heavy (non-hydrogen) atoms. The lowest BCUT2D eigenvalue weighted by molar-refractivity contribution is -0.0197. The Bertz CT molecular complexity index is 925. The van der Waals surface area contributed by atoms with Crippen LogP contribution in [0.1, 0.15) is 23.0 Å². The lowest BCUT2D eigenvalue weighted by Crippen LogP contribution is -2.53. The summed E-state index contributed by atoms with van der Waals surface area (Å²) in [5, 5.41) is -0.327. The van der Waals surface area contributed by atoms with Gasteiger partial charge < -0.3 is 13.9 Å². The van der Waals surface area contributed by atoms with Crippen molar-refractivity contribution in [3.8, 4) is 0 Å². The molecule has 0 bridgehead atoms. The van der Waals surface area contributed by atoms with Gasteiger partial charge in [0.1, 0.15) is 11.3 Å². The van der Waals surface area contributed by atoms with Crippen molar-refractivity contribution in [1.82, 2.24) is 4.90 Å². The number of rotatable bonds is 6. The number of para-hydroxylation sites is 1. The van der Waals surface area contributed by atoms with Crippen LogP contribution < -0.4 is 4.31 Å². The molecule has 1 atom stereocenters. The Labute approximate surface area is 164 Å². The van der Waals surface area contributed by atoms with E-state index in [2.05, 4.69) is 4.90 Å². The van der Waals surface area contributed by atoms with Crippen LogP contribution in [0.3, 0.4) is 0 Å². The zero-order valence-electron chi connectivity index (χ0n) is 16.1. The Morgan fingerprint density at radius 1 is 1.32 bits per heavy atom. The van der Waals surface area contributed by atoms with E-state index in [0.717, 1.165) is 13.1 Å². The normalized spacial score (nSPS) is 18.0. The molecule has 1 aliphatic heterocycles. The van der Waals surface area contributed by atoms with Gasteiger partial charge in [-0.15, -0.1) is 0 Å². The average Bonchev–Trinajstić information content (AvgIpc) is 3.11. The zero-order valence-corrected chi connectivity index (χ0v) is 16.9. The first-order chi connectivity index (χ1) is 13.4. The Morgan fingerprint density at radius 2 is 2.04 bits per heavy atom. The van der Waals surface area contributed by atoms with Gasteiger partial charge in [-0.05, 0) is 25.6 Å². The molecule has 9 heteroatoms. The van der Waals surface area contributed by atoms with Gasteiger partial charge in [-0.25, -0.2) is 9.10 Å². The summed E-state index contributed by atoms with van der Waals surface area (Å²) >= 11 is 0. The molecule has 152 valence electrons. The lowest BCUT2D eigenvalue weighted by atomic mass is 10.3. The highest BCUT2D eigenvalue weighted by molar-refractivity contribution is 7.92. The number of furan rings is 1. The molecule has 2 aromatic rings. The standard InChI is InChI=1S/C19H24N2O6S/c1-4-20-10-11-26-17(13-20)21(15-8-6-5-7-9-15)28(23,24)18-12-16(14(2)27-18)19(22)25-3/h5-9,12,17H,4,10-11,13H2,1-3H3. The SMILES string of the molecule is CCN1CCOC(N(c2ccccc2)S(=O)(=O)c2cc(C(=O)OC)c(C)o2)C1. The second kappa shape index (κ2) is 8.34. The molecule has 0 spiro atoms. The number of likely N-dealkylation sites (N-methyl/N-ethyl adjacent to an activating group) is 1. The van der Waals surface area contributed by atoms with Crippen molar-refractivity contribution in [2.24, 2.45) is 0 Å². The topological polar surface area (TPSA) is 89.3 Å². The van der Waals surface area contributed by atoms with Crippen LogP contribution in [0.5, 0.6) is 0 Å². The largest absolute Gasteiger partial charge is 0.465 e. The van der Waals surface area contributed by atoms with Crippen LogP contribution in [0.15, 0.2) is 45.9 Å². The van der Waals surface area contributed by atoms with Crippen molar-refractivity contribution in [2.45, 2.75) is 25.2 Å². The van der Waals surface area contributed by atoms with Crippen molar-refractivity contribution >= 4 is 21.7 Å². The van der Waals surface area contributed by atoms with E-state index in [4.69, 9.17) is 13.9 Å². The molecule has 2 heterocycles. The van der Waals surface area contributed by atoms with Gasteiger partial charge in [-0.3, -0.25) is 4.90 Å². The zero-order chi connectivity index (χ0) is 20.3. The predicted molar refractivity (Wildman–Crippen MR) is 103 cm³/mol. The number of aryl methyl sites for hydroxylation is 1.